The van der Waals surface area contributed by atoms with E-state index in [-0.39, 0.29) is 43.6 Å². The average molecular weight is 545 g/mol. The summed E-state index contributed by atoms with van der Waals surface area (Å²) in [5, 5.41) is 0.174. The van der Waals surface area contributed by atoms with E-state index in [1.54, 1.807) is 0 Å². The lowest BCUT2D eigenvalue weighted by Gasteiger charge is -2.44. The highest BCUT2D eigenvalue weighted by atomic mass is 19.4. The number of halogens is 9. The highest BCUT2D eigenvalue weighted by Crippen LogP contribution is 2.41. The highest BCUT2D eigenvalue weighted by Gasteiger charge is 2.60. The van der Waals surface area contributed by atoms with Gasteiger partial charge in [0, 0.05) is 36.1 Å². The van der Waals surface area contributed by atoms with Gasteiger partial charge in [-0.2, -0.15) is 39.5 Å². The number of ether oxygens (including phenoxy) is 1. The van der Waals surface area contributed by atoms with Gasteiger partial charge in [-0.3, -0.25) is 4.79 Å². The zero-order chi connectivity index (χ0) is 27.4. The molecule has 4 rings (SSSR count). The summed E-state index contributed by atoms with van der Waals surface area (Å²) < 4.78 is 119. The molecule has 0 saturated carbocycles. The second kappa shape index (κ2) is 9.01. The molecule has 0 atom stereocenters. The SMILES string of the molecule is O=C(OC(C(F)(F)F)C(F)(F)F)N1CCC2(CCCN2C(=O)c2cc3cc(C(F)(F)F)ccc3[nH]2)CC1. The van der Waals surface area contributed by atoms with Crippen LogP contribution < -0.4 is 0 Å². The summed E-state index contributed by atoms with van der Waals surface area (Å²) in [7, 11) is 0. The Kier molecular flexibility index (Phi) is 6.56. The van der Waals surface area contributed by atoms with E-state index in [1.807, 2.05) is 0 Å². The number of likely N-dealkylation sites (tertiary alicyclic amines) is 2. The smallest absolute Gasteiger partial charge is 0.426 e. The van der Waals surface area contributed by atoms with Gasteiger partial charge in [0.2, 0.25) is 0 Å². The molecule has 2 aliphatic rings. The van der Waals surface area contributed by atoms with E-state index < -0.39 is 47.7 Å². The number of piperidine rings is 1. The lowest BCUT2D eigenvalue weighted by atomic mass is 9.85. The lowest BCUT2D eigenvalue weighted by Crippen LogP contribution is -2.56. The minimum Gasteiger partial charge on any atom is -0.426 e. The molecule has 15 heteroatoms. The van der Waals surface area contributed by atoms with Gasteiger partial charge in [0.05, 0.1) is 5.56 Å². The molecule has 1 spiro atoms. The van der Waals surface area contributed by atoms with Crippen molar-refractivity contribution in [3.05, 3.63) is 35.5 Å². The first kappa shape index (κ1) is 26.9. The first-order valence-electron chi connectivity index (χ1n) is 11.1. The molecule has 1 aromatic carbocycles. The normalized spacial score (nSPS) is 18.8. The van der Waals surface area contributed by atoms with E-state index in [4.69, 9.17) is 0 Å². The molecule has 2 aliphatic heterocycles. The zero-order valence-corrected chi connectivity index (χ0v) is 18.9. The molecule has 0 unspecified atom stereocenters. The molecule has 2 amide bonds. The van der Waals surface area contributed by atoms with Gasteiger partial charge < -0.3 is 19.5 Å². The topological polar surface area (TPSA) is 65.6 Å². The fourth-order valence-electron chi connectivity index (χ4n) is 4.94. The van der Waals surface area contributed by atoms with Crippen LogP contribution in [0.1, 0.15) is 41.7 Å². The predicted molar refractivity (Wildman–Crippen MR) is 109 cm³/mol. The number of H-pyrrole nitrogens is 1. The van der Waals surface area contributed by atoms with Crippen LogP contribution in [0, 0.1) is 0 Å². The van der Waals surface area contributed by atoms with Crippen molar-refractivity contribution in [1.82, 2.24) is 14.8 Å². The summed E-state index contributed by atoms with van der Waals surface area (Å²) in [6, 6.07) is 4.27. The van der Waals surface area contributed by atoms with Crippen LogP contribution in [0.2, 0.25) is 0 Å². The van der Waals surface area contributed by atoms with Gasteiger partial charge in [-0.05, 0) is 49.9 Å². The van der Waals surface area contributed by atoms with Gasteiger partial charge in [0.25, 0.3) is 12.0 Å². The number of nitrogens with zero attached hydrogens (tertiary/aromatic N) is 2. The molecule has 0 bridgehead atoms. The Morgan fingerprint density at radius 2 is 1.51 bits per heavy atom. The van der Waals surface area contributed by atoms with Crippen LogP contribution in [0.5, 0.6) is 0 Å². The largest absolute Gasteiger partial charge is 0.434 e. The highest BCUT2D eigenvalue weighted by molar-refractivity contribution is 5.98. The van der Waals surface area contributed by atoms with E-state index in [0.29, 0.717) is 18.4 Å². The van der Waals surface area contributed by atoms with Crippen molar-refractivity contribution in [2.75, 3.05) is 19.6 Å². The van der Waals surface area contributed by atoms with Gasteiger partial charge in [-0.15, -0.1) is 0 Å². The number of hydrogen-bond acceptors (Lipinski definition) is 3. The van der Waals surface area contributed by atoms with Crippen LogP contribution in [0.3, 0.4) is 0 Å². The van der Waals surface area contributed by atoms with Crippen LogP contribution in [0.15, 0.2) is 24.3 Å². The van der Waals surface area contributed by atoms with Crippen molar-refractivity contribution in [1.29, 1.82) is 0 Å². The molecule has 1 aromatic heterocycles. The second-order valence-corrected chi connectivity index (χ2v) is 9.10. The lowest BCUT2D eigenvalue weighted by molar-refractivity contribution is -0.308. The molecule has 6 nitrogen and oxygen atoms in total. The standard InChI is InChI=1S/C22H20F9N3O3/c23-20(24,25)13-2-3-14-12(10-13)11-15(32-14)16(35)34-7-1-4-19(34)5-8-33(9-6-19)18(36)37-17(21(26,27)28)22(29,30)31/h2-3,10-11,17,32H,1,4-9H2. The molecule has 2 fully saturated rings. The van der Waals surface area contributed by atoms with Crippen molar-refractivity contribution in [3.63, 3.8) is 0 Å². The Labute approximate surface area is 203 Å². The van der Waals surface area contributed by atoms with Crippen molar-refractivity contribution < 1.29 is 53.8 Å². The summed E-state index contributed by atoms with van der Waals surface area (Å²) in [5.41, 5.74) is -1.34. The molecule has 204 valence electrons. The minimum absolute atomic E-state index is 0.0376. The quantitative estimate of drug-likeness (QED) is 0.479. The van der Waals surface area contributed by atoms with E-state index in [9.17, 15) is 49.1 Å². The van der Waals surface area contributed by atoms with Gasteiger partial charge >= 0.3 is 24.6 Å². The zero-order valence-electron chi connectivity index (χ0n) is 18.9. The number of fused-ring (bicyclic) bond motifs is 1. The monoisotopic (exact) mass is 545 g/mol. The van der Waals surface area contributed by atoms with E-state index in [1.165, 1.54) is 17.0 Å². The Bertz CT molecular complexity index is 1160. The van der Waals surface area contributed by atoms with Crippen molar-refractivity contribution in [3.8, 4) is 0 Å². The summed E-state index contributed by atoms with van der Waals surface area (Å²) >= 11 is 0. The van der Waals surface area contributed by atoms with Crippen LogP contribution >= 0.6 is 0 Å². The van der Waals surface area contributed by atoms with Crippen LogP contribution in [-0.2, 0) is 10.9 Å². The Morgan fingerprint density at radius 3 is 2.08 bits per heavy atom. The number of hydrogen-bond donors (Lipinski definition) is 1. The summed E-state index contributed by atoms with van der Waals surface area (Å²) in [6.07, 6.45) is -21.1. The Balaban J connectivity index is 1.46. The van der Waals surface area contributed by atoms with Crippen molar-refractivity contribution in [2.45, 2.75) is 55.9 Å². The van der Waals surface area contributed by atoms with Gasteiger partial charge in [-0.25, -0.2) is 4.79 Å². The number of carbonyl (C=O) groups excluding carboxylic acids is 2. The van der Waals surface area contributed by atoms with Crippen LogP contribution in [0.4, 0.5) is 44.3 Å². The average Bonchev–Trinajstić information content (AvgIpc) is 3.39. The number of alkyl halides is 9. The first-order valence-corrected chi connectivity index (χ1v) is 11.1. The third-order valence-corrected chi connectivity index (χ3v) is 6.79. The molecule has 0 aliphatic carbocycles. The maximum absolute atomic E-state index is 13.3. The van der Waals surface area contributed by atoms with Crippen molar-refractivity contribution >= 4 is 22.9 Å². The fourth-order valence-corrected chi connectivity index (χ4v) is 4.94. The molecule has 0 radical (unpaired) electrons. The number of aromatic nitrogens is 1. The van der Waals surface area contributed by atoms with E-state index in [2.05, 4.69) is 9.72 Å². The number of benzene rings is 1. The van der Waals surface area contributed by atoms with E-state index >= 15 is 0 Å². The molecule has 2 saturated heterocycles. The molecule has 3 heterocycles. The third-order valence-electron chi connectivity index (χ3n) is 6.79. The molecule has 2 aromatic rings. The number of nitrogens with one attached hydrogen (secondary N) is 1. The van der Waals surface area contributed by atoms with Crippen molar-refractivity contribution in [2.24, 2.45) is 0 Å². The number of carbonyl (C=O) groups is 2. The molecular weight excluding hydrogens is 525 g/mol. The second-order valence-electron chi connectivity index (χ2n) is 9.10. The maximum atomic E-state index is 13.3. The first-order chi connectivity index (χ1) is 17.0. The summed E-state index contributed by atoms with van der Waals surface area (Å²) in [5.74, 6) is -0.507. The van der Waals surface area contributed by atoms with Crippen LogP contribution in [0.25, 0.3) is 10.9 Å². The van der Waals surface area contributed by atoms with Gasteiger partial charge in [0.15, 0.2) is 0 Å². The molecule has 1 N–H and O–H groups in total. The molecule has 37 heavy (non-hydrogen) atoms. The number of rotatable bonds is 2. The maximum Gasteiger partial charge on any atom is 0.434 e. The number of amides is 2. The van der Waals surface area contributed by atoms with E-state index in [0.717, 1.165) is 17.0 Å². The predicted octanol–water partition coefficient (Wildman–Crippen LogP) is 5.89. The summed E-state index contributed by atoms with van der Waals surface area (Å²) in [4.78, 5) is 30.4. The molecular formula is C22H20F9N3O3. The third kappa shape index (κ3) is 5.30. The summed E-state index contributed by atoms with van der Waals surface area (Å²) in [6.45, 7) is -0.198. The number of aromatic amines is 1. The Morgan fingerprint density at radius 1 is 0.892 bits per heavy atom. The minimum atomic E-state index is -5.83. The Hall–Kier alpha value is -3.13. The van der Waals surface area contributed by atoms with Gasteiger partial charge in [0.1, 0.15) is 5.69 Å². The van der Waals surface area contributed by atoms with Crippen LogP contribution in [-0.4, -0.2) is 70.4 Å². The van der Waals surface area contributed by atoms with Gasteiger partial charge in [-0.1, -0.05) is 0 Å². The fraction of sp³-hybridized carbons (Fsp3) is 0.545.